The zero-order valence-corrected chi connectivity index (χ0v) is 31.4. The summed E-state index contributed by atoms with van der Waals surface area (Å²) in [5.74, 6) is 0. The van der Waals surface area contributed by atoms with E-state index in [0.717, 1.165) is 0 Å². The molecule has 0 rings (SSSR count). The largest absolute Gasteiger partial charge is 3.00 e. The van der Waals surface area contributed by atoms with Crippen LogP contribution in [0.3, 0.4) is 0 Å². The Morgan fingerprint density at radius 1 is 0.196 bits per heavy atom. The fraction of sp³-hybridized carbons (Fsp3) is 0. The first-order valence-electron chi connectivity index (χ1n) is 1.33. The molecule has 0 amide bonds. The summed E-state index contributed by atoms with van der Waals surface area (Å²) in [6.45, 7) is 0. The molecule has 46 heavy (non-hydrogen) atoms. The van der Waals surface area contributed by atoms with Crippen molar-refractivity contribution in [1.29, 1.82) is 0 Å². The van der Waals surface area contributed by atoms with Crippen LogP contribution in [-0.4, -0.2) is 315 Å². The van der Waals surface area contributed by atoms with E-state index in [1.807, 2.05) is 0 Å². The van der Waals surface area contributed by atoms with Crippen LogP contribution in [0.5, 0.6) is 0 Å². The van der Waals surface area contributed by atoms with E-state index in [0.29, 0.717) is 0 Å². The van der Waals surface area contributed by atoms with Crippen LogP contribution in [0.25, 0.3) is 0 Å². The van der Waals surface area contributed by atoms with E-state index in [9.17, 15) is 0 Å². The first-order valence-corrected chi connectivity index (χ1v) is 4.00. The van der Waals surface area contributed by atoms with E-state index in [1.165, 1.54) is 0 Å². The minimum absolute atomic E-state index is 0. The third-order valence-electron chi connectivity index (χ3n) is 0. The van der Waals surface area contributed by atoms with Gasteiger partial charge in [-0.2, -0.15) is 0 Å². The fourth-order valence-corrected chi connectivity index (χ4v) is 0. The zero-order valence-electron chi connectivity index (χ0n) is 21.7. The maximum atomic E-state index is 8.52. The van der Waals surface area contributed by atoms with Gasteiger partial charge in [-0.1, -0.05) is 0 Å². The second kappa shape index (κ2) is 496. The molecule has 41 N–H and O–H groups in total. The molecule has 0 atom stereocenters. The third kappa shape index (κ3) is 17900. The topological polar surface area (TPSA) is 1050 Å². The van der Waals surface area contributed by atoms with Gasteiger partial charge in [0.05, 0.1) is 0 Å². The molecule has 0 heterocycles. The molecule has 0 fully saturated rings. The van der Waals surface area contributed by atoms with Crippen molar-refractivity contribution in [2.75, 3.05) is 0 Å². The molecule has 0 aliphatic carbocycles. The summed E-state index contributed by atoms with van der Waals surface area (Å²) in [4.78, 5) is 0. The van der Waals surface area contributed by atoms with E-state index in [4.69, 9.17) is 35.0 Å². The van der Waals surface area contributed by atoms with Crippen LogP contribution in [0, 0.1) is 0 Å². The molecule has 0 spiro atoms. The second-order valence-electron chi connectivity index (χ2n) is 0.816. The van der Waals surface area contributed by atoms with E-state index in [-0.39, 0.29) is 280 Å². The van der Waals surface area contributed by atoms with Gasteiger partial charge in [-0.05, 0) is 0 Å². The predicted molar refractivity (Wildman–Crippen MR) is 138 cm³/mol. The van der Waals surface area contributed by atoms with Crippen LogP contribution in [-0.2, 0) is 20.8 Å². The number of hydrogen-bond acceptors (Lipinski definition) is 25. The van der Waals surface area contributed by atoms with Gasteiger partial charge in [-0.25, -0.2) is 0 Å². The van der Waals surface area contributed by atoms with Crippen molar-refractivity contribution < 1.29 is 194 Å². The number of rotatable bonds is 0. The summed E-state index contributed by atoms with van der Waals surface area (Å²) in [5.41, 5.74) is 0. The molecule has 0 saturated carbocycles. The molecule has 0 saturated heterocycles. The van der Waals surface area contributed by atoms with Crippen LogP contribution < -0.4 is 0 Å². The molecule has 0 aromatic heterocycles. The van der Waals surface area contributed by atoms with Gasteiger partial charge in [0.2, 0.25) is 0 Å². The molecule has 37 nitrogen and oxygen atoms in total. The Bertz CT molecular complexity index is 236. The Labute approximate surface area is 334 Å². The standard InChI is InChI=1S/7Al.2H2O4S.29H2O/c;;;;;;;2*1-5(2,3)4;;;;;;;;;;;;;;;;;;;;;;;;;;;;;/h;;;;;;;2*(H2,1,2,3,4);29*1H2/q7*+3;;;;;;;;;;;;;;;;;;;;;;;;;;;;;;;/p-21. The normalized spacial score (nSPS) is 2.52. The molecule has 0 unspecified atom stereocenters. The molecular weight excluding hydrogens is 845 g/mol. The fourth-order valence-electron chi connectivity index (χ4n) is 0. The summed E-state index contributed by atoms with van der Waals surface area (Å²) in [7, 11) is -10.3. The molecule has 0 aliphatic heterocycles. The van der Waals surface area contributed by atoms with Gasteiger partial charge >= 0.3 is 122 Å². The maximum absolute atomic E-state index is 8.52. The third-order valence-corrected chi connectivity index (χ3v) is 0. The van der Waals surface area contributed by atoms with Crippen LogP contribution in [0.2, 0.25) is 0 Å². The molecule has 0 aromatic rings. The van der Waals surface area contributed by atoms with Crippen molar-refractivity contribution in [3.63, 3.8) is 0 Å². The van der Waals surface area contributed by atoms with Crippen LogP contribution in [0.15, 0.2) is 0 Å². The van der Waals surface area contributed by atoms with E-state index >= 15 is 0 Å². The Morgan fingerprint density at radius 3 is 0.196 bits per heavy atom. The molecule has 0 bridgehead atoms. The summed E-state index contributed by atoms with van der Waals surface area (Å²) in [6, 6.07) is 0. The van der Waals surface area contributed by atoms with E-state index < -0.39 is 20.8 Å². The summed E-state index contributed by atoms with van der Waals surface area (Å²) in [6.07, 6.45) is 0. The minimum atomic E-state index is -5.17. The van der Waals surface area contributed by atoms with Gasteiger partial charge in [-0.15, -0.1) is 0 Å². The zero-order chi connectivity index (χ0) is 9.00. The SMILES string of the molecule is O.O.O.O.O.O.O.O.O.O.O.O.O=S(=O)([O-])[O-].O=S(=O)([O-])[O-].[Al+3].[Al+3].[Al+3].[Al+3].[Al+3].[Al+3].[Al+3].[OH-].[OH-].[OH-].[OH-].[OH-].[OH-].[OH-].[OH-].[OH-].[OH-].[OH-].[OH-].[OH-].[OH-].[OH-].[OH-].[OH-]. The van der Waals surface area contributed by atoms with Crippen molar-refractivity contribution in [3.8, 4) is 0 Å². The van der Waals surface area contributed by atoms with Gasteiger partial charge < -0.3 is 177 Å². The molecule has 0 aromatic carbocycles. The Kier molecular flexibility index (Phi) is 11000. The van der Waals surface area contributed by atoms with E-state index in [2.05, 4.69) is 0 Å². The van der Waals surface area contributed by atoms with Crippen LogP contribution in [0.1, 0.15) is 0 Å². The first kappa shape index (κ1) is 1020. The second-order valence-corrected chi connectivity index (χ2v) is 2.45. The minimum Gasteiger partial charge on any atom is -0.870 e. The number of hydrogen-bond donors (Lipinski definition) is 0. The van der Waals surface area contributed by atoms with Gasteiger partial charge in [0, 0.05) is 20.8 Å². The Hall–Kier alpha value is 2.31. The molecule has 46 heteroatoms. The van der Waals surface area contributed by atoms with Crippen LogP contribution >= 0.6 is 0 Å². The molecular formula is H41Al7O37S2. The first-order chi connectivity index (χ1) is 4.00. The summed E-state index contributed by atoms with van der Waals surface area (Å²) in [5, 5.41) is 0. The molecule has 296 valence electrons. The Morgan fingerprint density at radius 2 is 0.196 bits per heavy atom. The van der Waals surface area contributed by atoms with Crippen LogP contribution in [0.4, 0.5) is 0 Å². The van der Waals surface area contributed by atoms with Crippen molar-refractivity contribution in [2.45, 2.75) is 0 Å². The Balaban J connectivity index is -0.000000000434. The average molecular weight is 886 g/mol. The van der Waals surface area contributed by atoms with Crippen molar-refractivity contribution in [3.05, 3.63) is 0 Å². The quantitative estimate of drug-likeness (QED) is 0.124. The smallest absolute Gasteiger partial charge is 0.870 e. The van der Waals surface area contributed by atoms with Crippen molar-refractivity contribution in [1.82, 2.24) is 0 Å². The van der Waals surface area contributed by atoms with E-state index in [1.54, 1.807) is 0 Å². The average Bonchev–Trinajstić information content (AvgIpc) is 1.12. The summed E-state index contributed by atoms with van der Waals surface area (Å²) >= 11 is 0. The van der Waals surface area contributed by atoms with Gasteiger partial charge in [0.25, 0.3) is 0 Å². The predicted octanol–water partition coefficient (Wildman–Crippen LogP) is -18.2. The summed E-state index contributed by atoms with van der Waals surface area (Å²) < 4.78 is 68.2. The van der Waals surface area contributed by atoms with Gasteiger partial charge in [-0.3, -0.25) is 16.8 Å². The van der Waals surface area contributed by atoms with Crippen molar-refractivity contribution in [2.24, 2.45) is 0 Å². The molecule has 0 radical (unpaired) electrons. The maximum Gasteiger partial charge on any atom is 3.00 e. The molecule has 0 aliphatic rings. The van der Waals surface area contributed by atoms with Gasteiger partial charge in [0.1, 0.15) is 0 Å². The van der Waals surface area contributed by atoms with Gasteiger partial charge in [0.15, 0.2) is 0 Å². The monoisotopic (exact) mass is 886 g/mol. The van der Waals surface area contributed by atoms with Crippen molar-refractivity contribution >= 4 is 142 Å².